The molecule has 0 bridgehead atoms. The number of aryl methyl sites for hydroxylation is 1. The molecule has 1 aliphatic heterocycles. The monoisotopic (exact) mass is 270 g/mol. The highest BCUT2D eigenvalue weighted by atomic mass is 16.1. The van der Waals surface area contributed by atoms with Crippen molar-refractivity contribution in [2.45, 2.75) is 6.92 Å². The molecule has 0 saturated carbocycles. The molecule has 0 aliphatic carbocycles. The molecular weight excluding hydrogens is 252 g/mol. The van der Waals surface area contributed by atoms with Crippen LogP contribution in [0.4, 0.5) is 5.69 Å². The Morgan fingerprint density at radius 1 is 1.15 bits per heavy atom. The fourth-order valence-corrected chi connectivity index (χ4v) is 2.47. The summed E-state index contributed by atoms with van der Waals surface area (Å²) in [4.78, 5) is 20.6. The maximum absolute atomic E-state index is 11.6. The Bertz CT molecular complexity index is 642. The van der Waals surface area contributed by atoms with Crippen molar-refractivity contribution < 1.29 is 0 Å². The molecule has 2 heterocycles. The van der Waals surface area contributed by atoms with Crippen LogP contribution in [-0.2, 0) is 0 Å². The lowest BCUT2D eigenvalue weighted by molar-refractivity contribution is 0.588. The molecule has 1 saturated heterocycles. The Morgan fingerprint density at radius 2 is 1.85 bits per heavy atom. The molecule has 1 aromatic carbocycles. The second kappa shape index (κ2) is 5.46. The molecule has 5 nitrogen and oxygen atoms in total. The van der Waals surface area contributed by atoms with Crippen LogP contribution in [0.1, 0.15) is 5.56 Å². The van der Waals surface area contributed by atoms with E-state index in [1.165, 1.54) is 5.56 Å². The second-order valence-corrected chi connectivity index (χ2v) is 5.05. The summed E-state index contributed by atoms with van der Waals surface area (Å²) in [6.45, 7) is 5.80. The van der Waals surface area contributed by atoms with Crippen LogP contribution in [-0.4, -0.2) is 36.1 Å². The maximum Gasteiger partial charge on any atom is 0.345 e. The molecular formula is C15H18N4O. The van der Waals surface area contributed by atoms with E-state index in [0.29, 0.717) is 0 Å². The lowest BCUT2D eigenvalue weighted by Crippen LogP contribution is -2.44. The van der Waals surface area contributed by atoms with Gasteiger partial charge in [0.1, 0.15) is 0 Å². The van der Waals surface area contributed by atoms with E-state index in [2.05, 4.69) is 39.2 Å². The van der Waals surface area contributed by atoms with E-state index in [1.807, 2.05) is 12.1 Å². The number of hydrogen-bond acceptors (Lipinski definition) is 4. The number of nitrogens with one attached hydrogen (secondary N) is 2. The molecule has 0 spiro atoms. The van der Waals surface area contributed by atoms with E-state index >= 15 is 0 Å². The number of H-pyrrole nitrogens is 1. The van der Waals surface area contributed by atoms with Gasteiger partial charge in [0, 0.05) is 31.7 Å². The van der Waals surface area contributed by atoms with Crippen LogP contribution in [0.5, 0.6) is 0 Å². The predicted octanol–water partition coefficient (Wildman–Crippen LogP) is 1.15. The first kappa shape index (κ1) is 12.9. The summed E-state index contributed by atoms with van der Waals surface area (Å²) in [6, 6.07) is 8.17. The fraction of sp³-hybridized carbons (Fsp3) is 0.333. The van der Waals surface area contributed by atoms with Gasteiger partial charge in [-0.3, -0.25) is 0 Å². The van der Waals surface area contributed by atoms with E-state index in [4.69, 9.17) is 0 Å². The Morgan fingerprint density at radius 3 is 2.55 bits per heavy atom. The first-order valence-corrected chi connectivity index (χ1v) is 6.86. The minimum absolute atomic E-state index is 0.306. The zero-order chi connectivity index (χ0) is 13.9. The van der Waals surface area contributed by atoms with Gasteiger partial charge in [-0.25, -0.2) is 4.79 Å². The Labute approximate surface area is 117 Å². The topological polar surface area (TPSA) is 61.0 Å². The average molecular weight is 270 g/mol. The van der Waals surface area contributed by atoms with Crippen LogP contribution in [0.15, 0.2) is 35.3 Å². The molecule has 0 radical (unpaired) electrons. The van der Waals surface area contributed by atoms with Gasteiger partial charge in [-0.15, -0.1) is 0 Å². The number of aromatic nitrogens is 2. The smallest absolute Gasteiger partial charge is 0.345 e. The van der Waals surface area contributed by atoms with Crippen molar-refractivity contribution >= 4 is 5.69 Å². The molecule has 2 N–H and O–H groups in total. The number of piperazine rings is 1. The van der Waals surface area contributed by atoms with Crippen molar-refractivity contribution in [1.82, 2.24) is 15.3 Å². The van der Waals surface area contributed by atoms with Crippen LogP contribution >= 0.6 is 0 Å². The summed E-state index contributed by atoms with van der Waals surface area (Å²) in [7, 11) is 0. The van der Waals surface area contributed by atoms with Crippen molar-refractivity contribution in [3.63, 3.8) is 0 Å². The number of nitrogens with zero attached hydrogens (tertiary/aromatic N) is 2. The third kappa shape index (κ3) is 2.58. The van der Waals surface area contributed by atoms with Crippen LogP contribution in [0.2, 0.25) is 0 Å². The van der Waals surface area contributed by atoms with E-state index in [0.717, 1.165) is 43.1 Å². The minimum Gasteiger partial charge on any atom is -0.366 e. The molecule has 1 fully saturated rings. The van der Waals surface area contributed by atoms with Gasteiger partial charge in [0.15, 0.2) is 0 Å². The van der Waals surface area contributed by atoms with Gasteiger partial charge in [-0.2, -0.15) is 4.98 Å². The number of hydrogen-bond donors (Lipinski definition) is 2. The minimum atomic E-state index is -0.306. The lowest BCUT2D eigenvalue weighted by atomic mass is 10.1. The van der Waals surface area contributed by atoms with E-state index in [-0.39, 0.29) is 5.69 Å². The summed E-state index contributed by atoms with van der Waals surface area (Å²) < 4.78 is 0. The zero-order valence-electron chi connectivity index (χ0n) is 11.5. The first-order valence-electron chi connectivity index (χ1n) is 6.86. The third-order valence-electron chi connectivity index (χ3n) is 3.59. The van der Waals surface area contributed by atoms with Crippen molar-refractivity contribution in [2.24, 2.45) is 0 Å². The number of benzene rings is 1. The second-order valence-electron chi connectivity index (χ2n) is 5.05. The van der Waals surface area contributed by atoms with Gasteiger partial charge in [-0.05, 0) is 6.92 Å². The Kier molecular flexibility index (Phi) is 3.52. The molecule has 0 atom stereocenters. The first-order chi connectivity index (χ1) is 9.74. The van der Waals surface area contributed by atoms with Crippen LogP contribution < -0.4 is 15.9 Å². The molecule has 0 unspecified atom stereocenters. The van der Waals surface area contributed by atoms with Gasteiger partial charge < -0.3 is 15.2 Å². The van der Waals surface area contributed by atoms with Gasteiger partial charge >= 0.3 is 5.69 Å². The molecule has 2 aromatic rings. The molecule has 1 aromatic heterocycles. The summed E-state index contributed by atoms with van der Waals surface area (Å²) in [5.41, 5.74) is 3.76. The fourth-order valence-electron chi connectivity index (χ4n) is 2.47. The molecule has 1 aliphatic rings. The summed E-state index contributed by atoms with van der Waals surface area (Å²) in [6.07, 6.45) is 1.68. The number of aromatic amines is 1. The number of anilines is 1. The van der Waals surface area contributed by atoms with Crippen LogP contribution in [0.3, 0.4) is 0 Å². The predicted molar refractivity (Wildman–Crippen MR) is 80.1 cm³/mol. The van der Waals surface area contributed by atoms with Crippen molar-refractivity contribution in [2.75, 3.05) is 31.1 Å². The van der Waals surface area contributed by atoms with Gasteiger partial charge in [0.05, 0.1) is 17.6 Å². The molecule has 3 rings (SSSR count). The summed E-state index contributed by atoms with van der Waals surface area (Å²) in [5, 5.41) is 3.33. The summed E-state index contributed by atoms with van der Waals surface area (Å²) in [5.74, 6) is 0. The van der Waals surface area contributed by atoms with Gasteiger partial charge in [-0.1, -0.05) is 29.8 Å². The number of rotatable bonds is 2. The lowest BCUT2D eigenvalue weighted by Gasteiger charge is -2.30. The highest BCUT2D eigenvalue weighted by Crippen LogP contribution is 2.27. The largest absolute Gasteiger partial charge is 0.366 e. The maximum atomic E-state index is 11.6. The quantitative estimate of drug-likeness (QED) is 0.859. The Hall–Kier alpha value is -2.14. The van der Waals surface area contributed by atoms with E-state index < -0.39 is 0 Å². The summed E-state index contributed by atoms with van der Waals surface area (Å²) >= 11 is 0. The normalized spacial score (nSPS) is 15.3. The van der Waals surface area contributed by atoms with Gasteiger partial charge in [0.25, 0.3) is 0 Å². The third-order valence-corrected chi connectivity index (χ3v) is 3.59. The van der Waals surface area contributed by atoms with Crippen LogP contribution in [0, 0.1) is 6.92 Å². The molecule has 0 amide bonds. The van der Waals surface area contributed by atoms with Crippen molar-refractivity contribution in [3.8, 4) is 11.3 Å². The van der Waals surface area contributed by atoms with Gasteiger partial charge in [0.2, 0.25) is 0 Å². The van der Waals surface area contributed by atoms with E-state index in [9.17, 15) is 4.79 Å². The molecule has 20 heavy (non-hydrogen) atoms. The van der Waals surface area contributed by atoms with E-state index in [1.54, 1.807) is 6.20 Å². The zero-order valence-corrected chi connectivity index (χ0v) is 11.5. The highest BCUT2D eigenvalue weighted by molar-refractivity contribution is 5.74. The molecule has 5 heteroatoms. The van der Waals surface area contributed by atoms with Crippen molar-refractivity contribution in [1.29, 1.82) is 0 Å². The Balaban J connectivity index is 2.05. The van der Waals surface area contributed by atoms with Crippen LogP contribution in [0.25, 0.3) is 11.3 Å². The standard InChI is InChI=1S/C15H18N4O/c1-11-2-4-12(5-3-11)14-13(10-17-15(20)18-14)19-8-6-16-7-9-19/h2-5,10,16H,6-9H2,1H3,(H,17,18,20). The molecule has 104 valence electrons. The van der Waals surface area contributed by atoms with Crippen molar-refractivity contribution in [3.05, 3.63) is 46.5 Å². The average Bonchev–Trinajstić information content (AvgIpc) is 2.49. The highest BCUT2D eigenvalue weighted by Gasteiger charge is 2.16. The SMILES string of the molecule is Cc1ccc(-c2[nH]c(=O)ncc2N2CCNCC2)cc1.